The van der Waals surface area contributed by atoms with E-state index in [1.165, 1.54) is 12.8 Å². The number of esters is 1. The highest BCUT2D eigenvalue weighted by molar-refractivity contribution is 5.75. The number of nitrogens with two attached hydrogens (primary N) is 1. The van der Waals surface area contributed by atoms with E-state index < -0.39 is 6.04 Å². The van der Waals surface area contributed by atoms with Gasteiger partial charge in [-0.1, -0.05) is 33.1 Å². The predicted molar refractivity (Wildman–Crippen MR) is 55.7 cm³/mol. The van der Waals surface area contributed by atoms with E-state index in [9.17, 15) is 4.79 Å². The van der Waals surface area contributed by atoms with E-state index in [1.807, 2.05) is 13.8 Å². The maximum atomic E-state index is 11.4. The molecular formula is C11H21NO2. The molecule has 0 heterocycles. The zero-order valence-electron chi connectivity index (χ0n) is 9.16. The Kier molecular flexibility index (Phi) is 4.39. The fourth-order valence-electron chi connectivity index (χ4n) is 1.32. The third kappa shape index (κ3) is 3.66. The van der Waals surface area contributed by atoms with Crippen molar-refractivity contribution in [3.63, 3.8) is 0 Å². The van der Waals surface area contributed by atoms with Gasteiger partial charge < -0.3 is 10.5 Å². The van der Waals surface area contributed by atoms with Gasteiger partial charge in [-0.2, -0.15) is 0 Å². The van der Waals surface area contributed by atoms with E-state index in [4.69, 9.17) is 10.5 Å². The van der Waals surface area contributed by atoms with E-state index in [0.29, 0.717) is 6.61 Å². The van der Waals surface area contributed by atoms with Crippen LogP contribution in [-0.4, -0.2) is 18.6 Å². The number of hydrogen-bond acceptors (Lipinski definition) is 3. The monoisotopic (exact) mass is 199 g/mol. The molecule has 0 aromatic carbocycles. The average Bonchev–Trinajstić information content (AvgIpc) is 2.99. The topological polar surface area (TPSA) is 52.3 Å². The maximum absolute atomic E-state index is 11.4. The van der Waals surface area contributed by atoms with Crippen LogP contribution in [0.3, 0.4) is 0 Å². The van der Waals surface area contributed by atoms with E-state index in [0.717, 1.165) is 18.8 Å². The molecule has 0 radical (unpaired) electrons. The van der Waals surface area contributed by atoms with Crippen LogP contribution in [0.4, 0.5) is 0 Å². The fraction of sp³-hybridized carbons (Fsp3) is 0.909. The van der Waals surface area contributed by atoms with Gasteiger partial charge in [-0.25, -0.2) is 0 Å². The van der Waals surface area contributed by atoms with Crippen LogP contribution in [0.25, 0.3) is 0 Å². The zero-order chi connectivity index (χ0) is 10.6. The first-order chi connectivity index (χ1) is 6.65. The molecule has 14 heavy (non-hydrogen) atoms. The van der Waals surface area contributed by atoms with E-state index in [1.54, 1.807) is 0 Å². The summed E-state index contributed by atoms with van der Waals surface area (Å²) in [6.07, 6.45) is 4.53. The van der Waals surface area contributed by atoms with Crippen molar-refractivity contribution >= 4 is 5.97 Å². The minimum atomic E-state index is -0.445. The van der Waals surface area contributed by atoms with Gasteiger partial charge in [-0.15, -0.1) is 0 Å². The van der Waals surface area contributed by atoms with Crippen LogP contribution >= 0.6 is 0 Å². The Labute approximate surface area is 86.0 Å². The second kappa shape index (κ2) is 5.35. The van der Waals surface area contributed by atoms with Crippen LogP contribution in [-0.2, 0) is 9.53 Å². The number of carbonyl (C=O) groups is 1. The molecule has 0 saturated heterocycles. The molecule has 0 bridgehead atoms. The predicted octanol–water partition coefficient (Wildman–Crippen LogP) is 1.70. The number of ether oxygens (including phenoxy) is 1. The van der Waals surface area contributed by atoms with Gasteiger partial charge in [0.2, 0.25) is 0 Å². The summed E-state index contributed by atoms with van der Waals surface area (Å²) in [5.41, 5.74) is 5.73. The highest BCUT2D eigenvalue weighted by Crippen LogP contribution is 2.32. The summed E-state index contributed by atoms with van der Waals surface area (Å²) in [5.74, 6) is 0.783. The molecule has 1 rings (SSSR count). The summed E-state index contributed by atoms with van der Waals surface area (Å²) < 4.78 is 5.11. The molecule has 1 aliphatic carbocycles. The molecule has 82 valence electrons. The van der Waals surface area contributed by atoms with Crippen molar-refractivity contribution in [1.29, 1.82) is 0 Å². The van der Waals surface area contributed by atoms with E-state index in [2.05, 4.69) is 0 Å². The first kappa shape index (κ1) is 11.5. The van der Waals surface area contributed by atoms with Crippen molar-refractivity contribution in [3.8, 4) is 0 Å². The molecule has 0 amide bonds. The average molecular weight is 199 g/mol. The van der Waals surface area contributed by atoms with E-state index in [-0.39, 0.29) is 11.9 Å². The molecule has 3 nitrogen and oxygen atoms in total. The second-order valence-electron chi connectivity index (χ2n) is 4.31. The van der Waals surface area contributed by atoms with Gasteiger partial charge in [0.1, 0.15) is 6.04 Å². The normalized spacial score (nSPS) is 20.2. The van der Waals surface area contributed by atoms with Crippen molar-refractivity contribution in [2.75, 3.05) is 6.61 Å². The fourth-order valence-corrected chi connectivity index (χ4v) is 1.32. The molecule has 1 aliphatic rings. The van der Waals surface area contributed by atoms with Gasteiger partial charge in [0, 0.05) is 0 Å². The SMILES string of the molecule is CC[C@H](C)[C@H](N)C(=O)OCCC1CC1. The summed E-state index contributed by atoms with van der Waals surface area (Å²) in [7, 11) is 0. The highest BCUT2D eigenvalue weighted by Gasteiger charge is 2.23. The summed E-state index contributed by atoms with van der Waals surface area (Å²) >= 11 is 0. The molecule has 3 heteroatoms. The number of hydrogen-bond donors (Lipinski definition) is 1. The van der Waals surface area contributed by atoms with Crippen LogP contribution in [0.15, 0.2) is 0 Å². The molecule has 1 fully saturated rings. The van der Waals surface area contributed by atoms with Crippen molar-refractivity contribution in [2.24, 2.45) is 17.6 Å². The Balaban J connectivity index is 2.11. The molecule has 0 spiro atoms. The van der Waals surface area contributed by atoms with Gasteiger partial charge in [0.15, 0.2) is 0 Å². The van der Waals surface area contributed by atoms with Gasteiger partial charge in [-0.3, -0.25) is 4.79 Å². The minimum Gasteiger partial charge on any atom is -0.465 e. The molecule has 0 unspecified atom stereocenters. The Bertz CT molecular complexity index is 190. The zero-order valence-corrected chi connectivity index (χ0v) is 9.16. The molecule has 0 aliphatic heterocycles. The van der Waals surface area contributed by atoms with Crippen molar-refractivity contribution in [1.82, 2.24) is 0 Å². The molecule has 1 saturated carbocycles. The van der Waals surface area contributed by atoms with Crippen LogP contribution in [0.1, 0.15) is 39.5 Å². The lowest BCUT2D eigenvalue weighted by Gasteiger charge is -2.16. The van der Waals surface area contributed by atoms with Gasteiger partial charge in [0.05, 0.1) is 6.61 Å². The standard InChI is InChI=1S/C11H21NO2/c1-3-8(2)10(12)11(13)14-7-6-9-4-5-9/h8-10H,3-7,12H2,1-2H3/t8-,10-/m0/s1. The van der Waals surface area contributed by atoms with Gasteiger partial charge >= 0.3 is 5.97 Å². The largest absolute Gasteiger partial charge is 0.465 e. The third-order valence-electron chi connectivity index (χ3n) is 3.00. The lowest BCUT2D eigenvalue weighted by molar-refractivity contribution is -0.146. The quantitative estimate of drug-likeness (QED) is 0.662. The Morgan fingerprint density at radius 1 is 1.57 bits per heavy atom. The summed E-state index contributed by atoms with van der Waals surface area (Å²) in [4.78, 5) is 11.4. The van der Waals surface area contributed by atoms with Crippen LogP contribution < -0.4 is 5.73 Å². The minimum absolute atomic E-state index is 0.212. The van der Waals surface area contributed by atoms with Crippen molar-refractivity contribution < 1.29 is 9.53 Å². The van der Waals surface area contributed by atoms with Gasteiger partial charge in [-0.05, 0) is 18.3 Å². The number of carbonyl (C=O) groups excluding carboxylic acids is 1. The first-order valence-electron chi connectivity index (χ1n) is 5.57. The lowest BCUT2D eigenvalue weighted by atomic mass is 10.0. The smallest absolute Gasteiger partial charge is 0.323 e. The van der Waals surface area contributed by atoms with Crippen molar-refractivity contribution in [3.05, 3.63) is 0 Å². The summed E-state index contributed by atoms with van der Waals surface area (Å²) in [6.45, 7) is 4.56. The molecule has 0 aromatic heterocycles. The molecular weight excluding hydrogens is 178 g/mol. The van der Waals surface area contributed by atoms with Crippen LogP contribution in [0.2, 0.25) is 0 Å². The van der Waals surface area contributed by atoms with Crippen LogP contribution in [0, 0.1) is 11.8 Å². The first-order valence-corrected chi connectivity index (χ1v) is 5.57. The second-order valence-corrected chi connectivity index (χ2v) is 4.31. The Morgan fingerprint density at radius 3 is 2.71 bits per heavy atom. The van der Waals surface area contributed by atoms with Crippen molar-refractivity contribution in [2.45, 2.75) is 45.6 Å². The summed E-state index contributed by atoms with van der Waals surface area (Å²) in [5, 5.41) is 0. The Morgan fingerprint density at radius 2 is 2.21 bits per heavy atom. The van der Waals surface area contributed by atoms with Crippen LogP contribution in [0.5, 0.6) is 0 Å². The molecule has 2 N–H and O–H groups in total. The lowest BCUT2D eigenvalue weighted by Crippen LogP contribution is -2.38. The molecule has 0 aromatic rings. The highest BCUT2D eigenvalue weighted by atomic mass is 16.5. The summed E-state index contributed by atoms with van der Waals surface area (Å²) in [6, 6.07) is -0.445. The third-order valence-corrected chi connectivity index (χ3v) is 3.00. The van der Waals surface area contributed by atoms with Gasteiger partial charge in [0.25, 0.3) is 0 Å². The molecule has 2 atom stereocenters. The Hall–Kier alpha value is -0.570. The maximum Gasteiger partial charge on any atom is 0.323 e. The number of rotatable bonds is 6. The van der Waals surface area contributed by atoms with E-state index >= 15 is 0 Å².